The van der Waals surface area contributed by atoms with Crippen LogP contribution in [0, 0.1) is 11.7 Å². The number of hydrogen-bond donors (Lipinski definition) is 0. The van der Waals surface area contributed by atoms with Crippen LogP contribution in [0.1, 0.15) is 24.8 Å². The Hall–Kier alpha value is 0.0700. The molecule has 0 bridgehead atoms. The molecular weight excluding hydrogens is 375 g/mol. The normalized spacial score (nSPS) is 17.6. The van der Waals surface area contributed by atoms with Gasteiger partial charge in [-0.05, 0) is 42.9 Å². The molecule has 0 atom stereocenters. The van der Waals surface area contributed by atoms with Crippen LogP contribution in [0.25, 0.3) is 0 Å². The van der Waals surface area contributed by atoms with Crippen LogP contribution in [0.4, 0.5) is 4.39 Å². The molecule has 1 heterocycles. The molecule has 4 heteroatoms. The van der Waals surface area contributed by atoms with Crippen molar-refractivity contribution in [3.63, 3.8) is 0 Å². The van der Waals surface area contributed by atoms with Gasteiger partial charge in [0.15, 0.2) is 0 Å². The summed E-state index contributed by atoms with van der Waals surface area (Å²) in [5, 5.41) is 1.77. The second-order valence-electron chi connectivity index (χ2n) is 5.31. The summed E-state index contributed by atoms with van der Waals surface area (Å²) in [5.74, 6) is 0.516. The summed E-state index contributed by atoms with van der Waals surface area (Å²) in [6.07, 6.45) is 3.37. The van der Waals surface area contributed by atoms with Crippen molar-refractivity contribution in [3.8, 4) is 0 Å². The summed E-state index contributed by atoms with van der Waals surface area (Å²) in [6, 6.07) is 6.94. The highest BCUT2D eigenvalue weighted by molar-refractivity contribution is 9.09. The molecule has 0 unspecified atom stereocenters. The second kappa shape index (κ2) is 7.19. The van der Waals surface area contributed by atoms with Gasteiger partial charge >= 0.3 is 0 Å². The molecule has 1 aliphatic heterocycles. The number of halogens is 3. The lowest BCUT2D eigenvalue weighted by Crippen LogP contribution is -2.34. The lowest BCUT2D eigenvalue weighted by atomic mass is 9.75. The quantitative estimate of drug-likeness (QED) is 0.660. The summed E-state index contributed by atoms with van der Waals surface area (Å²) in [4.78, 5) is 0. The second-order valence-corrected chi connectivity index (χ2v) is 6.44. The molecule has 0 amide bonds. The van der Waals surface area contributed by atoms with Crippen molar-refractivity contribution in [2.45, 2.75) is 24.7 Å². The van der Waals surface area contributed by atoms with Gasteiger partial charge in [0.2, 0.25) is 0 Å². The highest BCUT2D eigenvalue weighted by atomic mass is 79.9. The van der Waals surface area contributed by atoms with Gasteiger partial charge in [-0.25, -0.2) is 4.39 Å². The van der Waals surface area contributed by atoms with Crippen LogP contribution in [0.2, 0.25) is 0 Å². The Kier molecular flexibility index (Phi) is 5.85. The third-order valence-electron chi connectivity index (χ3n) is 3.99. The van der Waals surface area contributed by atoms with E-state index in [0.29, 0.717) is 5.92 Å². The third-order valence-corrected chi connectivity index (χ3v) is 6.14. The van der Waals surface area contributed by atoms with Crippen LogP contribution in [0.5, 0.6) is 0 Å². The molecule has 0 spiro atoms. The molecule has 1 nitrogen and oxygen atoms in total. The smallest absolute Gasteiger partial charge is 0.123 e. The molecule has 1 aromatic rings. The fraction of sp³-hybridized carbons (Fsp3) is 0.600. The first-order valence-corrected chi connectivity index (χ1v) is 8.90. The fourth-order valence-electron chi connectivity index (χ4n) is 2.72. The van der Waals surface area contributed by atoms with Gasteiger partial charge in [0.05, 0.1) is 0 Å². The number of rotatable bonds is 5. The molecule has 0 aromatic heterocycles. The SMILES string of the molecule is Fc1ccc(C(CBr)(CBr)CC2CCOCC2)cc1. The minimum Gasteiger partial charge on any atom is -0.381 e. The van der Waals surface area contributed by atoms with E-state index in [0.717, 1.165) is 43.1 Å². The first-order chi connectivity index (χ1) is 9.20. The maximum absolute atomic E-state index is 13.1. The van der Waals surface area contributed by atoms with Gasteiger partial charge in [-0.3, -0.25) is 0 Å². The van der Waals surface area contributed by atoms with E-state index in [1.807, 2.05) is 12.1 Å². The molecule has 106 valence electrons. The zero-order valence-electron chi connectivity index (χ0n) is 10.9. The number of alkyl halides is 2. The zero-order chi connectivity index (χ0) is 13.7. The highest BCUT2D eigenvalue weighted by Gasteiger charge is 2.33. The molecule has 1 saturated heterocycles. The fourth-order valence-corrected chi connectivity index (χ4v) is 4.76. The average Bonchev–Trinajstić information content (AvgIpc) is 2.47. The first-order valence-electron chi connectivity index (χ1n) is 6.66. The van der Waals surface area contributed by atoms with Crippen LogP contribution >= 0.6 is 31.9 Å². The van der Waals surface area contributed by atoms with E-state index in [1.54, 1.807) is 12.1 Å². The molecule has 0 N–H and O–H groups in total. The largest absolute Gasteiger partial charge is 0.381 e. The summed E-state index contributed by atoms with van der Waals surface area (Å²) < 4.78 is 18.5. The van der Waals surface area contributed by atoms with Gasteiger partial charge in [0.25, 0.3) is 0 Å². The lowest BCUT2D eigenvalue weighted by molar-refractivity contribution is 0.0584. The summed E-state index contributed by atoms with van der Waals surface area (Å²) in [6.45, 7) is 1.74. The number of ether oxygens (including phenoxy) is 1. The molecule has 0 aliphatic carbocycles. The van der Waals surface area contributed by atoms with E-state index in [4.69, 9.17) is 4.74 Å². The van der Waals surface area contributed by atoms with Gasteiger partial charge in [-0.1, -0.05) is 44.0 Å². The van der Waals surface area contributed by atoms with E-state index in [-0.39, 0.29) is 11.2 Å². The van der Waals surface area contributed by atoms with E-state index in [9.17, 15) is 4.39 Å². The Morgan fingerprint density at radius 1 is 1.11 bits per heavy atom. The van der Waals surface area contributed by atoms with Gasteiger partial charge < -0.3 is 4.74 Å². The van der Waals surface area contributed by atoms with Crippen molar-refractivity contribution < 1.29 is 9.13 Å². The van der Waals surface area contributed by atoms with Crippen LogP contribution < -0.4 is 0 Å². The van der Waals surface area contributed by atoms with Crippen molar-refractivity contribution in [2.75, 3.05) is 23.9 Å². The van der Waals surface area contributed by atoms with Crippen LogP contribution in [0.3, 0.4) is 0 Å². The maximum atomic E-state index is 13.1. The number of hydrogen-bond acceptors (Lipinski definition) is 1. The average molecular weight is 394 g/mol. The minimum atomic E-state index is -0.173. The maximum Gasteiger partial charge on any atom is 0.123 e. The van der Waals surface area contributed by atoms with Gasteiger partial charge in [-0.2, -0.15) is 0 Å². The lowest BCUT2D eigenvalue weighted by Gasteiger charge is -2.36. The Balaban J connectivity index is 2.18. The van der Waals surface area contributed by atoms with Gasteiger partial charge in [-0.15, -0.1) is 0 Å². The van der Waals surface area contributed by atoms with Crippen LogP contribution in [0.15, 0.2) is 24.3 Å². The third kappa shape index (κ3) is 3.79. The zero-order valence-corrected chi connectivity index (χ0v) is 14.1. The standard InChI is InChI=1S/C15H19Br2FO/c16-10-15(11-17,9-12-5-7-19-8-6-12)13-1-3-14(18)4-2-13/h1-4,12H,5-11H2. The molecule has 1 fully saturated rings. The van der Waals surface area contributed by atoms with Crippen molar-refractivity contribution in [1.82, 2.24) is 0 Å². The van der Waals surface area contributed by atoms with Crippen molar-refractivity contribution in [3.05, 3.63) is 35.6 Å². The van der Waals surface area contributed by atoms with Crippen LogP contribution in [-0.4, -0.2) is 23.9 Å². The highest BCUT2D eigenvalue weighted by Crippen LogP contribution is 2.38. The first kappa shape index (κ1) is 15.5. The predicted molar refractivity (Wildman–Crippen MR) is 83.8 cm³/mol. The topological polar surface area (TPSA) is 9.23 Å². The monoisotopic (exact) mass is 392 g/mol. The van der Waals surface area contributed by atoms with E-state index >= 15 is 0 Å². The van der Waals surface area contributed by atoms with Crippen molar-refractivity contribution in [1.29, 1.82) is 0 Å². The Labute approximate surface area is 131 Å². The Bertz CT molecular complexity index is 384. The van der Waals surface area contributed by atoms with Crippen molar-refractivity contribution >= 4 is 31.9 Å². The Morgan fingerprint density at radius 3 is 2.21 bits per heavy atom. The van der Waals surface area contributed by atoms with Crippen molar-refractivity contribution in [2.24, 2.45) is 5.92 Å². The van der Waals surface area contributed by atoms with Gasteiger partial charge in [0.1, 0.15) is 5.82 Å². The van der Waals surface area contributed by atoms with Gasteiger partial charge in [0, 0.05) is 29.3 Å². The molecule has 1 aromatic carbocycles. The summed E-state index contributed by atoms with van der Waals surface area (Å²) >= 11 is 7.32. The summed E-state index contributed by atoms with van der Waals surface area (Å²) in [5.41, 5.74) is 1.24. The van der Waals surface area contributed by atoms with E-state index in [1.165, 1.54) is 5.56 Å². The summed E-state index contributed by atoms with van der Waals surface area (Å²) in [7, 11) is 0. The molecule has 2 rings (SSSR count). The van der Waals surface area contributed by atoms with Crippen LogP contribution in [-0.2, 0) is 10.2 Å². The molecule has 0 saturated carbocycles. The predicted octanol–water partition coefficient (Wildman–Crippen LogP) is 4.67. The minimum absolute atomic E-state index is 0.0374. The molecule has 0 radical (unpaired) electrons. The molecule has 19 heavy (non-hydrogen) atoms. The van der Waals surface area contributed by atoms with E-state index < -0.39 is 0 Å². The molecular formula is C15H19Br2FO. The molecule has 1 aliphatic rings. The Morgan fingerprint density at radius 2 is 1.68 bits per heavy atom. The number of benzene rings is 1. The van der Waals surface area contributed by atoms with E-state index in [2.05, 4.69) is 31.9 Å².